The van der Waals surface area contributed by atoms with Crippen LogP contribution in [0.1, 0.15) is 30.2 Å². The minimum atomic E-state index is -0.656. The lowest BCUT2D eigenvalue weighted by Gasteiger charge is -2.11. The van der Waals surface area contributed by atoms with E-state index in [0.717, 1.165) is 40.4 Å². The summed E-state index contributed by atoms with van der Waals surface area (Å²) < 4.78 is 1.72. The Morgan fingerprint density at radius 1 is 1.29 bits per heavy atom. The summed E-state index contributed by atoms with van der Waals surface area (Å²) in [4.78, 5) is 24.1. The Morgan fingerprint density at radius 3 is 2.88 bits per heavy atom. The fourth-order valence-electron chi connectivity index (χ4n) is 2.57. The predicted molar refractivity (Wildman–Crippen MR) is 95.2 cm³/mol. The van der Waals surface area contributed by atoms with Crippen molar-refractivity contribution in [1.82, 2.24) is 15.1 Å². The summed E-state index contributed by atoms with van der Waals surface area (Å²) in [7, 11) is 0. The number of fused-ring (bicyclic) bond motifs is 1. The van der Waals surface area contributed by atoms with E-state index in [1.165, 1.54) is 0 Å². The molecule has 1 aromatic heterocycles. The van der Waals surface area contributed by atoms with Crippen LogP contribution in [0.5, 0.6) is 0 Å². The Balaban J connectivity index is 1.92. The Bertz CT molecular complexity index is 785. The number of rotatable bonds is 4. The maximum Gasteiger partial charge on any atom is 0.314 e. The number of hydrogen-bond acceptors (Lipinski definition) is 4. The number of carbonyl (C=O) groups is 2. The number of nitrogens with one attached hydrogen (secondary N) is 2. The minimum Gasteiger partial charge on any atom is -0.348 e. The lowest BCUT2D eigenvalue weighted by Crippen LogP contribution is -2.36. The fourth-order valence-corrected chi connectivity index (χ4v) is 3.61. The van der Waals surface area contributed by atoms with Gasteiger partial charge in [-0.1, -0.05) is 19.1 Å². The number of hydrogen-bond donors (Lipinski definition) is 2. The molecule has 3 rings (SSSR count). The molecule has 0 unspecified atom stereocenters. The molecule has 2 aromatic rings. The van der Waals surface area contributed by atoms with Crippen LogP contribution in [0.4, 0.5) is 5.82 Å². The number of nitrogens with zero attached hydrogens (tertiary/aromatic N) is 2. The van der Waals surface area contributed by atoms with Gasteiger partial charge in [0.2, 0.25) is 0 Å². The van der Waals surface area contributed by atoms with Gasteiger partial charge in [0, 0.05) is 23.6 Å². The number of anilines is 1. The number of aryl methyl sites for hydroxylation is 1. The summed E-state index contributed by atoms with van der Waals surface area (Å²) in [5.41, 5.74) is 3.94. The second-order valence-electron chi connectivity index (χ2n) is 5.73. The molecular weight excluding hydrogens is 324 g/mol. The van der Waals surface area contributed by atoms with Gasteiger partial charge in [-0.3, -0.25) is 9.59 Å². The first-order valence-corrected chi connectivity index (χ1v) is 9.10. The number of benzene rings is 1. The van der Waals surface area contributed by atoms with E-state index in [1.54, 1.807) is 16.4 Å². The van der Waals surface area contributed by atoms with Gasteiger partial charge in [-0.15, -0.1) is 0 Å². The molecule has 24 heavy (non-hydrogen) atoms. The molecule has 0 aliphatic carbocycles. The molecule has 0 radical (unpaired) electrons. The standard InChI is InChI=1S/C17H20N4O2S/c1-3-7-18-16(22)17(23)19-15-13-9-24-10-14(13)20-21(15)12-6-4-5-11(2)8-12/h4-6,8H,3,7,9-10H2,1-2H3,(H,18,22)(H,19,23). The second kappa shape index (κ2) is 7.09. The smallest absolute Gasteiger partial charge is 0.314 e. The van der Waals surface area contributed by atoms with Crippen LogP contribution < -0.4 is 10.6 Å². The zero-order valence-corrected chi connectivity index (χ0v) is 14.6. The monoisotopic (exact) mass is 344 g/mol. The molecule has 2 heterocycles. The SMILES string of the molecule is CCCNC(=O)C(=O)Nc1c2c(nn1-c1cccc(C)c1)CSC2. The molecule has 126 valence electrons. The van der Waals surface area contributed by atoms with Gasteiger partial charge >= 0.3 is 11.8 Å². The average Bonchev–Trinajstić information content (AvgIpc) is 3.15. The van der Waals surface area contributed by atoms with Crippen molar-refractivity contribution in [2.45, 2.75) is 31.8 Å². The minimum absolute atomic E-state index is 0.483. The number of amides is 2. The van der Waals surface area contributed by atoms with Gasteiger partial charge in [0.25, 0.3) is 0 Å². The highest BCUT2D eigenvalue weighted by Gasteiger charge is 2.26. The normalized spacial score (nSPS) is 12.8. The molecule has 0 atom stereocenters. The van der Waals surface area contributed by atoms with Gasteiger partial charge in [0.15, 0.2) is 0 Å². The van der Waals surface area contributed by atoms with Crippen LogP contribution in [0.3, 0.4) is 0 Å². The van der Waals surface area contributed by atoms with E-state index in [-0.39, 0.29) is 0 Å². The number of thioether (sulfide) groups is 1. The number of carbonyl (C=O) groups excluding carboxylic acids is 2. The highest BCUT2D eigenvalue weighted by atomic mass is 32.2. The van der Waals surface area contributed by atoms with E-state index in [9.17, 15) is 9.59 Å². The third kappa shape index (κ3) is 3.31. The highest BCUT2D eigenvalue weighted by molar-refractivity contribution is 7.98. The largest absolute Gasteiger partial charge is 0.348 e. The Morgan fingerprint density at radius 2 is 2.12 bits per heavy atom. The Kier molecular flexibility index (Phi) is 4.89. The average molecular weight is 344 g/mol. The van der Waals surface area contributed by atoms with E-state index in [2.05, 4.69) is 15.7 Å². The Labute approximate surface area is 145 Å². The van der Waals surface area contributed by atoms with Crippen molar-refractivity contribution in [3.63, 3.8) is 0 Å². The van der Waals surface area contributed by atoms with E-state index >= 15 is 0 Å². The van der Waals surface area contributed by atoms with Crippen LogP contribution in [0.2, 0.25) is 0 Å². The molecule has 1 aliphatic heterocycles. The van der Waals surface area contributed by atoms with Gasteiger partial charge < -0.3 is 10.6 Å². The molecule has 0 bridgehead atoms. The molecule has 7 heteroatoms. The van der Waals surface area contributed by atoms with Crippen LogP contribution in [0.15, 0.2) is 24.3 Å². The lowest BCUT2D eigenvalue weighted by molar-refractivity contribution is -0.136. The third-order valence-corrected chi connectivity index (χ3v) is 4.74. The zero-order chi connectivity index (χ0) is 17.1. The van der Waals surface area contributed by atoms with Crippen molar-refractivity contribution in [2.75, 3.05) is 11.9 Å². The summed E-state index contributed by atoms with van der Waals surface area (Å²) in [6.45, 7) is 4.43. The Hall–Kier alpha value is -2.28. The summed E-state index contributed by atoms with van der Waals surface area (Å²) in [5, 5.41) is 9.97. The van der Waals surface area contributed by atoms with Crippen LogP contribution in [0, 0.1) is 6.92 Å². The van der Waals surface area contributed by atoms with Gasteiger partial charge in [-0.25, -0.2) is 4.68 Å². The molecule has 2 amide bonds. The number of aromatic nitrogens is 2. The van der Waals surface area contributed by atoms with Crippen molar-refractivity contribution >= 4 is 29.4 Å². The van der Waals surface area contributed by atoms with Crippen molar-refractivity contribution in [2.24, 2.45) is 0 Å². The molecule has 0 saturated carbocycles. The first-order valence-electron chi connectivity index (χ1n) is 7.95. The van der Waals surface area contributed by atoms with Gasteiger partial charge in [0.05, 0.1) is 11.4 Å². The molecule has 6 nitrogen and oxygen atoms in total. The topological polar surface area (TPSA) is 76.0 Å². The van der Waals surface area contributed by atoms with E-state index in [4.69, 9.17) is 0 Å². The van der Waals surface area contributed by atoms with Crippen LogP contribution >= 0.6 is 11.8 Å². The van der Waals surface area contributed by atoms with E-state index in [1.807, 2.05) is 38.1 Å². The molecule has 1 aromatic carbocycles. The molecule has 0 spiro atoms. The van der Waals surface area contributed by atoms with Gasteiger partial charge in [-0.2, -0.15) is 16.9 Å². The fraction of sp³-hybridized carbons (Fsp3) is 0.353. The van der Waals surface area contributed by atoms with Crippen molar-refractivity contribution < 1.29 is 9.59 Å². The van der Waals surface area contributed by atoms with E-state index < -0.39 is 11.8 Å². The van der Waals surface area contributed by atoms with Crippen LogP contribution in [-0.2, 0) is 21.1 Å². The first kappa shape index (κ1) is 16.6. The molecule has 0 saturated heterocycles. The van der Waals surface area contributed by atoms with Gasteiger partial charge in [-0.05, 0) is 31.0 Å². The van der Waals surface area contributed by atoms with Crippen molar-refractivity contribution in [3.05, 3.63) is 41.1 Å². The maximum absolute atomic E-state index is 12.2. The molecule has 0 fully saturated rings. The van der Waals surface area contributed by atoms with Crippen LogP contribution in [-0.4, -0.2) is 28.1 Å². The van der Waals surface area contributed by atoms with Crippen molar-refractivity contribution in [3.8, 4) is 5.69 Å². The van der Waals surface area contributed by atoms with Gasteiger partial charge in [0.1, 0.15) is 5.82 Å². The van der Waals surface area contributed by atoms with Crippen LogP contribution in [0.25, 0.3) is 5.69 Å². The van der Waals surface area contributed by atoms with E-state index in [0.29, 0.717) is 12.4 Å². The zero-order valence-electron chi connectivity index (χ0n) is 13.8. The van der Waals surface area contributed by atoms with Crippen molar-refractivity contribution in [1.29, 1.82) is 0 Å². The highest BCUT2D eigenvalue weighted by Crippen LogP contribution is 2.36. The molecule has 1 aliphatic rings. The predicted octanol–water partition coefficient (Wildman–Crippen LogP) is 2.39. The summed E-state index contributed by atoms with van der Waals surface area (Å²) in [6, 6.07) is 7.90. The third-order valence-electron chi connectivity index (χ3n) is 3.77. The quantitative estimate of drug-likeness (QED) is 0.835. The second-order valence-corrected chi connectivity index (χ2v) is 6.71. The summed E-state index contributed by atoms with van der Waals surface area (Å²) in [6.07, 6.45) is 0.784. The summed E-state index contributed by atoms with van der Waals surface area (Å²) >= 11 is 1.75. The lowest BCUT2D eigenvalue weighted by atomic mass is 10.2. The summed E-state index contributed by atoms with van der Waals surface area (Å²) in [5.74, 6) is 0.925. The maximum atomic E-state index is 12.2. The first-order chi connectivity index (χ1) is 11.6. The molecular formula is C17H20N4O2S. The molecule has 2 N–H and O–H groups in total.